The molecular formula is C11H11O2. The molecule has 0 bridgehead atoms. The van der Waals surface area contributed by atoms with Crippen molar-refractivity contribution >= 4 is 0 Å². The Bertz CT molecular complexity index is 342. The molecular weight excluding hydrogens is 164 g/mol. The Morgan fingerprint density at radius 2 is 2.38 bits per heavy atom. The highest BCUT2D eigenvalue weighted by atomic mass is 16.5. The Kier molecular flexibility index (Phi) is 1.97. The zero-order valence-corrected chi connectivity index (χ0v) is 7.38. The first-order chi connectivity index (χ1) is 6.33. The molecule has 0 amide bonds. The number of rotatable bonds is 2. The number of ether oxygens (including phenoxy) is 1. The van der Waals surface area contributed by atoms with Crippen LogP contribution in [-0.4, -0.2) is 6.61 Å². The summed E-state index contributed by atoms with van der Waals surface area (Å²) >= 11 is 0. The van der Waals surface area contributed by atoms with E-state index in [0.29, 0.717) is 6.61 Å². The highest BCUT2D eigenvalue weighted by molar-refractivity contribution is 5.51. The molecule has 1 radical (unpaired) electrons. The van der Waals surface area contributed by atoms with E-state index in [1.165, 1.54) is 0 Å². The molecule has 1 aliphatic heterocycles. The van der Waals surface area contributed by atoms with Gasteiger partial charge in [-0.3, -0.25) is 5.11 Å². The van der Waals surface area contributed by atoms with Crippen LogP contribution in [0, 0.1) is 0 Å². The van der Waals surface area contributed by atoms with Gasteiger partial charge >= 0.3 is 0 Å². The lowest BCUT2D eigenvalue weighted by Gasteiger charge is -2.05. The van der Waals surface area contributed by atoms with Crippen LogP contribution < -0.4 is 4.74 Å². The van der Waals surface area contributed by atoms with E-state index < -0.39 is 0 Å². The number of allylic oxidation sites excluding steroid dienone is 1. The second-order valence-corrected chi connectivity index (χ2v) is 3.12. The SMILES string of the molecule is C=CCc1ccc([O])c2c1OCC2. The highest BCUT2D eigenvalue weighted by Crippen LogP contribution is 2.36. The first-order valence-corrected chi connectivity index (χ1v) is 4.38. The molecule has 0 fully saturated rings. The average Bonchev–Trinajstić information content (AvgIpc) is 2.59. The van der Waals surface area contributed by atoms with Crippen molar-refractivity contribution in [1.82, 2.24) is 0 Å². The summed E-state index contributed by atoms with van der Waals surface area (Å²) in [5.41, 5.74) is 1.90. The Hall–Kier alpha value is -1.44. The van der Waals surface area contributed by atoms with E-state index in [2.05, 4.69) is 6.58 Å². The first kappa shape index (κ1) is 8.17. The third-order valence-electron chi connectivity index (χ3n) is 2.26. The monoisotopic (exact) mass is 175 g/mol. The topological polar surface area (TPSA) is 29.1 Å². The van der Waals surface area contributed by atoms with Gasteiger partial charge in [0.25, 0.3) is 0 Å². The summed E-state index contributed by atoms with van der Waals surface area (Å²) in [6, 6.07) is 3.44. The molecule has 1 heterocycles. The Balaban J connectivity index is 2.49. The van der Waals surface area contributed by atoms with Crippen molar-refractivity contribution in [2.24, 2.45) is 0 Å². The van der Waals surface area contributed by atoms with Gasteiger partial charge in [-0.1, -0.05) is 12.1 Å². The van der Waals surface area contributed by atoms with Crippen LogP contribution in [0.4, 0.5) is 0 Å². The third kappa shape index (κ3) is 1.28. The maximum absolute atomic E-state index is 11.4. The molecule has 0 atom stereocenters. The fraction of sp³-hybridized carbons (Fsp3) is 0.273. The van der Waals surface area contributed by atoms with Crippen LogP contribution in [0.5, 0.6) is 11.5 Å². The predicted octanol–water partition coefficient (Wildman–Crippen LogP) is 2.49. The van der Waals surface area contributed by atoms with Gasteiger partial charge in [0.1, 0.15) is 5.75 Å². The molecule has 1 aromatic carbocycles. The van der Waals surface area contributed by atoms with Gasteiger partial charge < -0.3 is 4.74 Å². The van der Waals surface area contributed by atoms with E-state index in [-0.39, 0.29) is 5.75 Å². The van der Waals surface area contributed by atoms with Gasteiger partial charge in [0, 0.05) is 12.0 Å². The average molecular weight is 175 g/mol. The summed E-state index contributed by atoms with van der Waals surface area (Å²) < 4.78 is 5.42. The second-order valence-electron chi connectivity index (χ2n) is 3.12. The lowest BCUT2D eigenvalue weighted by Crippen LogP contribution is -1.90. The van der Waals surface area contributed by atoms with E-state index >= 15 is 0 Å². The fourth-order valence-corrected chi connectivity index (χ4v) is 1.65. The van der Waals surface area contributed by atoms with E-state index in [0.717, 1.165) is 29.7 Å². The number of hydrogen-bond donors (Lipinski definition) is 0. The molecule has 2 nitrogen and oxygen atoms in total. The standard InChI is InChI=1S/C11H11O2/c1-2-3-8-4-5-10(12)9-6-7-13-11(8)9/h2,4-5H,1,3,6-7H2. The van der Waals surface area contributed by atoms with Crippen molar-refractivity contribution in [2.75, 3.05) is 6.61 Å². The molecule has 0 N–H and O–H groups in total. The van der Waals surface area contributed by atoms with Gasteiger partial charge in [-0.15, -0.1) is 6.58 Å². The molecule has 13 heavy (non-hydrogen) atoms. The number of fused-ring (bicyclic) bond motifs is 1. The zero-order valence-electron chi connectivity index (χ0n) is 7.38. The normalized spacial score (nSPS) is 13.5. The summed E-state index contributed by atoms with van der Waals surface area (Å²) in [4.78, 5) is 0. The summed E-state index contributed by atoms with van der Waals surface area (Å²) in [5, 5.41) is 11.4. The molecule has 2 heteroatoms. The first-order valence-electron chi connectivity index (χ1n) is 4.38. The van der Waals surface area contributed by atoms with Crippen LogP contribution in [0.15, 0.2) is 24.8 Å². The third-order valence-corrected chi connectivity index (χ3v) is 2.26. The smallest absolute Gasteiger partial charge is 0.185 e. The van der Waals surface area contributed by atoms with E-state index in [1.807, 2.05) is 12.1 Å². The van der Waals surface area contributed by atoms with Gasteiger partial charge in [-0.25, -0.2) is 0 Å². The van der Waals surface area contributed by atoms with Crippen molar-refractivity contribution in [3.05, 3.63) is 35.9 Å². The molecule has 0 saturated carbocycles. The minimum Gasteiger partial charge on any atom is -0.493 e. The van der Waals surface area contributed by atoms with Crippen LogP contribution >= 0.6 is 0 Å². The minimum absolute atomic E-state index is 0.0975. The van der Waals surface area contributed by atoms with Crippen molar-refractivity contribution in [2.45, 2.75) is 12.8 Å². The van der Waals surface area contributed by atoms with Crippen LogP contribution in [0.2, 0.25) is 0 Å². The number of benzene rings is 1. The van der Waals surface area contributed by atoms with E-state index in [9.17, 15) is 5.11 Å². The Morgan fingerprint density at radius 3 is 3.15 bits per heavy atom. The van der Waals surface area contributed by atoms with Gasteiger partial charge in [-0.05, 0) is 18.1 Å². The maximum Gasteiger partial charge on any atom is 0.185 e. The van der Waals surface area contributed by atoms with Crippen LogP contribution in [0.25, 0.3) is 0 Å². The van der Waals surface area contributed by atoms with Gasteiger partial charge in [-0.2, -0.15) is 0 Å². The Morgan fingerprint density at radius 1 is 1.54 bits per heavy atom. The minimum atomic E-state index is 0.0975. The van der Waals surface area contributed by atoms with Crippen molar-refractivity contribution in [3.63, 3.8) is 0 Å². The maximum atomic E-state index is 11.4. The predicted molar refractivity (Wildman–Crippen MR) is 49.7 cm³/mol. The van der Waals surface area contributed by atoms with Crippen LogP contribution in [0.1, 0.15) is 11.1 Å². The largest absolute Gasteiger partial charge is 0.493 e. The van der Waals surface area contributed by atoms with E-state index in [4.69, 9.17) is 4.74 Å². The molecule has 0 spiro atoms. The quantitative estimate of drug-likeness (QED) is 0.635. The molecule has 1 aromatic rings. The molecule has 0 saturated heterocycles. The van der Waals surface area contributed by atoms with E-state index in [1.54, 1.807) is 6.07 Å². The molecule has 2 rings (SSSR count). The number of hydrogen-bond acceptors (Lipinski definition) is 1. The molecule has 0 unspecified atom stereocenters. The summed E-state index contributed by atoms with van der Waals surface area (Å²) in [5.74, 6) is 0.896. The van der Waals surface area contributed by atoms with Gasteiger partial charge in [0.2, 0.25) is 0 Å². The summed E-state index contributed by atoms with van der Waals surface area (Å²) in [6.07, 6.45) is 3.34. The highest BCUT2D eigenvalue weighted by Gasteiger charge is 2.19. The molecule has 0 aromatic heterocycles. The zero-order chi connectivity index (χ0) is 9.26. The lowest BCUT2D eigenvalue weighted by molar-refractivity contribution is 0.349. The van der Waals surface area contributed by atoms with Crippen molar-refractivity contribution < 1.29 is 9.84 Å². The van der Waals surface area contributed by atoms with Gasteiger partial charge in [0.15, 0.2) is 5.75 Å². The molecule has 67 valence electrons. The molecule has 1 aliphatic rings. The summed E-state index contributed by atoms with van der Waals surface area (Å²) in [7, 11) is 0. The lowest BCUT2D eigenvalue weighted by atomic mass is 10.0. The second kappa shape index (κ2) is 3.13. The van der Waals surface area contributed by atoms with Crippen molar-refractivity contribution in [3.8, 4) is 11.5 Å². The van der Waals surface area contributed by atoms with Crippen LogP contribution in [0.3, 0.4) is 0 Å². The van der Waals surface area contributed by atoms with Crippen LogP contribution in [-0.2, 0) is 17.9 Å². The van der Waals surface area contributed by atoms with Gasteiger partial charge in [0.05, 0.1) is 6.61 Å². The summed E-state index contributed by atoms with van der Waals surface area (Å²) in [6.45, 7) is 4.31. The fourth-order valence-electron chi connectivity index (χ4n) is 1.65. The Labute approximate surface area is 77.5 Å². The van der Waals surface area contributed by atoms with Crippen molar-refractivity contribution in [1.29, 1.82) is 0 Å². The molecule has 0 aliphatic carbocycles.